The highest BCUT2D eigenvalue weighted by Crippen LogP contribution is 2.22. The van der Waals surface area contributed by atoms with Crippen molar-refractivity contribution in [2.45, 2.75) is 17.7 Å². The van der Waals surface area contributed by atoms with Gasteiger partial charge < -0.3 is 14.9 Å². The Balaban J connectivity index is 2.91. The predicted molar refractivity (Wildman–Crippen MR) is 67.1 cm³/mol. The number of carbonyl (C=O) groups is 2. The third kappa shape index (κ3) is 4.52. The second kappa shape index (κ2) is 6.35. The van der Waals surface area contributed by atoms with E-state index in [1.807, 2.05) is 0 Å². The van der Waals surface area contributed by atoms with E-state index in [-0.39, 0.29) is 35.7 Å². The van der Waals surface area contributed by atoms with Gasteiger partial charge in [-0.1, -0.05) is 0 Å². The van der Waals surface area contributed by atoms with Crippen molar-refractivity contribution in [3.8, 4) is 5.75 Å². The average Bonchev–Trinajstić information content (AvgIpc) is 2.33. The van der Waals surface area contributed by atoms with Crippen molar-refractivity contribution in [3.63, 3.8) is 0 Å². The predicted octanol–water partition coefficient (Wildman–Crippen LogP) is 0.276. The van der Waals surface area contributed by atoms with Crippen LogP contribution in [0.2, 0.25) is 0 Å². The maximum Gasteiger partial charge on any atom is 0.339 e. The molecule has 0 spiro atoms. The molecule has 0 aliphatic rings. The van der Waals surface area contributed by atoms with Gasteiger partial charge in [-0.15, -0.1) is 0 Å². The van der Waals surface area contributed by atoms with Gasteiger partial charge >= 0.3 is 11.9 Å². The number of rotatable bonds is 7. The number of sulfonamides is 1. The van der Waals surface area contributed by atoms with Crippen LogP contribution < -0.4 is 9.88 Å². The normalized spacial score (nSPS) is 11.1. The lowest BCUT2D eigenvalue weighted by Gasteiger charge is -2.09. The van der Waals surface area contributed by atoms with Gasteiger partial charge in [0.25, 0.3) is 0 Å². The highest BCUT2D eigenvalue weighted by atomic mass is 32.2. The van der Waals surface area contributed by atoms with E-state index >= 15 is 0 Å². The quantitative estimate of drug-likeness (QED) is 0.613. The van der Waals surface area contributed by atoms with Crippen molar-refractivity contribution >= 4 is 22.0 Å². The summed E-state index contributed by atoms with van der Waals surface area (Å²) in [4.78, 5) is 21.0. The van der Waals surface area contributed by atoms with Gasteiger partial charge in [0.05, 0.1) is 11.5 Å². The molecular formula is C11H13NO7S. The van der Waals surface area contributed by atoms with Crippen molar-refractivity contribution in [1.29, 1.82) is 0 Å². The zero-order chi connectivity index (χ0) is 15.3. The summed E-state index contributed by atoms with van der Waals surface area (Å²) in [5.41, 5.74) is -0.355. The van der Waals surface area contributed by atoms with Gasteiger partial charge in [0.15, 0.2) is 0 Å². The Morgan fingerprint density at radius 1 is 1.25 bits per heavy atom. The Labute approximate surface area is 114 Å². The van der Waals surface area contributed by atoms with E-state index in [0.29, 0.717) is 0 Å². The maximum absolute atomic E-state index is 11.1. The molecule has 0 aliphatic carbocycles. The maximum atomic E-state index is 11.1. The van der Waals surface area contributed by atoms with Crippen LogP contribution in [0.1, 0.15) is 23.2 Å². The molecule has 0 saturated heterocycles. The Morgan fingerprint density at radius 3 is 2.40 bits per heavy atom. The summed E-state index contributed by atoms with van der Waals surface area (Å²) in [5, 5.41) is 22.3. The molecule has 20 heavy (non-hydrogen) atoms. The first-order chi connectivity index (χ1) is 9.21. The van der Waals surface area contributed by atoms with E-state index < -0.39 is 22.0 Å². The molecule has 110 valence electrons. The molecule has 1 aromatic carbocycles. The summed E-state index contributed by atoms with van der Waals surface area (Å²) in [6.07, 6.45) is 0.0863. The molecule has 0 heterocycles. The third-order valence-electron chi connectivity index (χ3n) is 2.30. The van der Waals surface area contributed by atoms with Gasteiger partial charge in [0.2, 0.25) is 10.0 Å². The number of aliphatic carboxylic acids is 1. The van der Waals surface area contributed by atoms with E-state index in [2.05, 4.69) is 0 Å². The van der Waals surface area contributed by atoms with Gasteiger partial charge in [-0.2, -0.15) is 0 Å². The van der Waals surface area contributed by atoms with Crippen LogP contribution in [-0.2, 0) is 14.8 Å². The molecule has 0 saturated carbocycles. The van der Waals surface area contributed by atoms with Crippen LogP contribution in [-0.4, -0.2) is 37.2 Å². The summed E-state index contributed by atoms with van der Waals surface area (Å²) in [5.74, 6) is -2.41. The standard InChI is InChI=1S/C11H13NO7S/c12-20(17,18)7-3-4-9(8(6-7)11(15)16)19-5-1-2-10(13)14/h3-4,6H,1-2,5H2,(H,13,14)(H,15,16)(H2,12,17,18). The lowest BCUT2D eigenvalue weighted by atomic mass is 10.2. The highest BCUT2D eigenvalue weighted by Gasteiger charge is 2.17. The minimum Gasteiger partial charge on any atom is -0.493 e. The van der Waals surface area contributed by atoms with Crippen LogP contribution in [0.25, 0.3) is 0 Å². The molecule has 4 N–H and O–H groups in total. The number of benzene rings is 1. The SMILES string of the molecule is NS(=O)(=O)c1ccc(OCCCC(=O)O)c(C(=O)O)c1. The number of primary sulfonamides is 1. The Morgan fingerprint density at radius 2 is 1.90 bits per heavy atom. The van der Waals surface area contributed by atoms with Crippen molar-refractivity contribution in [2.24, 2.45) is 5.14 Å². The van der Waals surface area contributed by atoms with Crippen molar-refractivity contribution < 1.29 is 33.0 Å². The number of nitrogens with two attached hydrogens (primary N) is 1. The first kappa shape index (κ1) is 15.9. The average molecular weight is 303 g/mol. The van der Waals surface area contributed by atoms with Crippen LogP contribution in [0.15, 0.2) is 23.1 Å². The number of ether oxygens (including phenoxy) is 1. The molecule has 0 bridgehead atoms. The summed E-state index contributed by atoms with van der Waals surface area (Å²) >= 11 is 0. The van der Waals surface area contributed by atoms with Gasteiger partial charge in [0.1, 0.15) is 11.3 Å². The fourth-order valence-corrected chi connectivity index (χ4v) is 1.92. The smallest absolute Gasteiger partial charge is 0.339 e. The molecule has 9 heteroatoms. The number of hydrogen-bond acceptors (Lipinski definition) is 5. The zero-order valence-electron chi connectivity index (χ0n) is 10.3. The van der Waals surface area contributed by atoms with E-state index in [0.717, 1.165) is 12.1 Å². The van der Waals surface area contributed by atoms with Gasteiger partial charge in [0, 0.05) is 6.42 Å². The lowest BCUT2D eigenvalue weighted by molar-refractivity contribution is -0.137. The van der Waals surface area contributed by atoms with E-state index in [9.17, 15) is 18.0 Å². The lowest BCUT2D eigenvalue weighted by Crippen LogP contribution is -2.14. The topological polar surface area (TPSA) is 144 Å². The van der Waals surface area contributed by atoms with Crippen LogP contribution >= 0.6 is 0 Å². The fraction of sp³-hybridized carbons (Fsp3) is 0.273. The van der Waals surface area contributed by atoms with Crippen molar-refractivity contribution in [1.82, 2.24) is 0 Å². The molecule has 0 amide bonds. The molecule has 0 radical (unpaired) electrons. The Bertz CT molecular complexity index is 624. The summed E-state index contributed by atoms with van der Waals surface area (Å²) in [6, 6.07) is 3.18. The zero-order valence-corrected chi connectivity index (χ0v) is 11.1. The van der Waals surface area contributed by atoms with Crippen molar-refractivity contribution in [2.75, 3.05) is 6.61 Å². The molecule has 1 aromatic rings. The third-order valence-corrected chi connectivity index (χ3v) is 3.21. The molecule has 1 rings (SSSR count). The molecule has 0 unspecified atom stereocenters. The molecule has 0 aliphatic heterocycles. The Kier molecular flexibility index (Phi) is 5.06. The van der Waals surface area contributed by atoms with Crippen LogP contribution in [0.4, 0.5) is 0 Å². The molecule has 0 aromatic heterocycles. The minimum atomic E-state index is -4.01. The van der Waals surface area contributed by atoms with Gasteiger partial charge in [-0.05, 0) is 24.6 Å². The number of carboxylic acid groups (broad SMARTS) is 2. The second-order valence-electron chi connectivity index (χ2n) is 3.85. The van der Waals surface area contributed by atoms with Gasteiger partial charge in [-0.25, -0.2) is 18.4 Å². The summed E-state index contributed by atoms with van der Waals surface area (Å²) < 4.78 is 27.4. The van der Waals surface area contributed by atoms with E-state index in [4.69, 9.17) is 20.1 Å². The van der Waals surface area contributed by atoms with Crippen LogP contribution in [0.3, 0.4) is 0 Å². The molecular weight excluding hydrogens is 290 g/mol. The monoisotopic (exact) mass is 303 g/mol. The summed E-state index contributed by atoms with van der Waals surface area (Å²) in [6.45, 7) is 0.00129. The van der Waals surface area contributed by atoms with Crippen LogP contribution in [0.5, 0.6) is 5.75 Å². The first-order valence-corrected chi connectivity index (χ1v) is 7.01. The largest absolute Gasteiger partial charge is 0.493 e. The first-order valence-electron chi connectivity index (χ1n) is 5.46. The van der Waals surface area contributed by atoms with Crippen LogP contribution in [0, 0.1) is 0 Å². The Hall–Kier alpha value is -2.13. The second-order valence-corrected chi connectivity index (χ2v) is 5.42. The number of carboxylic acids is 2. The summed E-state index contributed by atoms with van der Waals surface area (Å²) in [7, 11) is -4.01. The minimum absolute atomic E-state index is 0.00129. The molecule has 8 nitrogen and oxygen atoms in total. The highest BCUT2D eigenvalue weighted by molar-refractivity contribution is 7.89. The fourth-order valence-electron chi connectivity index (χ4n) is 1.38. The molecule has 0 fully saturated rings. The van der Waals surface area contributed by atoms with Gasteiger partial charge in [-0.3, -0.25) is 4.79 Å². The van der Waals surface area contributed by atoms with E-state index in [1.54, 1.807) is 0 Å². The number of hydrogen-bond donors (Lipinski definition) is 3. The molecule has 0 atom stereocenters. The van der Waals surface area contributed by atoms with E-state index in [1.165, 1.54) is 6.07 Å². The number of aromatic carboxylic acids is 1. The van der Waals surface area contributed by atoms with Crippen molar-refractivity contribution in [3.05, 3.63) is 23.8 Å².